The molecule has 0 unspecified atom stereocenters. The first-order chi connectivity index (χ1) is 12.6. The van der Waals surface area contributed by atoms with Crippen molar-refractivity contribution in [1.29, 1.82) is 0 Å². The van der Waals surface area contributed by atoms with Crippen molar-refractivity contribution in [2.24, 2.45) is 0 Å². The third kappa shape index (κ3) is 4.58. The Morgan fingerprint density at radius 1 is 0.885 bits per heavy atom. The summed E-state index contributed by atoms with van der Waals surface area (Å²) >= 11 is 0. The average molecular weight is 344 g/mol. The normalized spacial score (nSPS) is 11.8. The van der Waals surface area contributed by atoms with E-state index in [-0.39, 0.29) is 5.91 Å². The Morgan fingerprint density at radius 2 is 1.54 bits per heavy atom. The van der Waals surface area contributed by atoms with Gasteiger partial charge in [-0.3, -0.25) is 10.1 Å². The van der Waals surface area contributed by atoms with E-state index in [9.17, 15) is 4.79 Å². The molecule has 0 radical (unpaired) electrons. The van der Waals surface area contributed by atoms with Crippen LogP contribution in [0.15, 0.2) is 78.9 Å². The van der Waals surface area contributed by atoms with E-state index in [1.165, 1.54) is 0 Å². The van der Waals surface area contributed by atoms with Crippen LogP contribution < -0.4 is 10.6 Å². The van der Waals surface area contributed by atoms with Crippen LogP contribution in [0.25, 0.3) is 0 Å². The lowest BCUT2D eigenvalue weighted by Gasteiger charge is -2.20. The van der Waals surface area contributed by atoms with Gasteiger partial charge in [-0.1, -0.05) is 72.8 Å². The SMILES string of the molecule is Cc1ccc(C)c(NC(=O)[C@@H](NCc2ccccc2)c2ccccc2)c1. The molecule has 0 aromatic heterocycles. The quantitative estimate of drug-likeness (QED) is 0.676. The summed E-state index contributed by atoms with van der Waals surface area (Å²) in [4.78, 5) is 13.0. The van der Waals surface area contributed by atoms with Crippen LogP contribution in [0.4, 0.5) is 5.69 Å². The maximum atomic E-state index is 13.0. The zero-order valence-electron chi connectivity index (χ0n) is 15.2. The number of aryl methyl sites for hydroxylation is 2. The van der Waals surface area contributed by atoms with E-state index in [4.69, 9.17) is 0 Å². The summed E-state index contributed by atoms with van der Waals surface area (Å²) in [5, 5.41) is 6.48. The number of nitrogens with one attached hydrogen (secondary N) is 2. The largest absolute Gasteiger partial charge is 0.324 e. The first-order valence-corrected chi connectivity index (χ1v) is 8.84. The van der Waals surface area contributed by atoms with Crippen LogP contribution in [0.2, 0.25) is 0 Å². The molecule has 3 nitrogen and oxygen atoms in total. The number of rotatable bonds is 6. The molecule has 0 aliphatic carbocycles. The molecule has 0 spiro atoms. The lowest BCUT2D eigenvalue weighted by Crippen LogP contribution is -2.33. The summed E-state index contributed by atoms with van der Waals surface area (Å²) in [6.07, 6.45) is 0. The van der Waals surface area contributed by atoms with Gasteiger partial charge in [0.25, 0.3) is 0 Å². The molecular weight excluding hydrogens is 320 g/mol. The molecule has 0 heterocycles. The van der Waals surface area contributed by atoms with Crippen LogP contribution in [0.3, 0.4) is 0 Å². The van der Waals surface area contributed by atoms with E-state index in [0.717, 1.165) is 27.9 Å². The second-order valence-electron chi connectivity index (χ2n) is 6.52. The van der Waals surface area contributed by atoms with Crippen molar-refractivity contribution in [2.75, 3.05) is 5.32 Å². The van der Waals surface area contributed by atoms with Crippen LogP contribution in [0.1, 0.15) is 28.3 Å². The van der Waals surface area contributed by atoms with Gasteiger partial charge in [0.2, 0.25) is 5.91 Å². The van der Waals surface area contributed by atoms with Gasteiger partial charge in [-0.15, -0.1) is 0 Å². The highest BCUT2D eigenvalue weighted by Crippen LogP contribution is 2.20. The Labute approximate surface area is 155 Å². The molecule has 26 heavy (non-hydrogen) atoms. The van der Waals surface area contributed by atoms with Crippen molar-refractivity contribution in [3.05, 3.63) is 101 Å². The summed E-state index contributed by atoms with van der Waals surface area (Å²) < 4.78 is 0. The van der Waals surface area contributed by atoms with Gasteiger partial charge in [0.15, 0.2) is 0 Å². The molecule has 0 aliphatic rings. The van der Waals surface area contributed by atoms with Gasteiger partial charge in [-0.25, -0.2) is 0 Å². The third-order valence-electron chi connectivity index (χ3n) is 4.40. The third-order valence-corrected chi connectivity index (χ3v) is 4.40. The molecule has 3 aromatic carbocycles. The number of carbonyl (C=O) groups is 1. The Kier molecular flexibility index (Phi) is 5.82. The molecule has 0 bridgehead atoms. The molecule has 3 heteroatoms. The first-order valence-electron chi connectivity index (χ1n) is 8.84. The van der Waals surface area contributed by atoms with E-state index in [0.29, 0.717) is 6.54 Å². The van der Waals surface area contributed by atoms with Crippen LogP contribution in [0, 0.1) is 13.8 Å². The summed E-state index contributed by atoms with van der Waals surface area (Å²) in [5.74, 6) is -0.0548. The maximum absolute atomic E-state index is 13.0. The van der Waals surface area contributed by atoms with E-state index in [1.807, 2.05) is 80.6 Å². The minimum absolute atomic E-state index is 0.0548. The Hall–Kier alpha value is -2.91. The lowest BCUT2D eigenvalue weighted by atomic mass is 10.0. The summed E-state index contributed by atoms with van der Waals surface area (Å²) in [6.45, 7) is 4.65. The number of anilines is 1. The highest BCUT2D eigenvalue weighted by Gasteiger charge is 2.20. The molecule has 0 aliphatic heterocycles. The van der Waals surface area contributed by atoms with E-state index < -0.39 is 6.04 Å². The first kappa shape index (κ1) is 17.9. The molecule has 132 valence electrons. The molecule has 1 atom stereocenters. The van der Waals surface area contributed by atoms with E-state index in [2.05, 4.69) is 22.8 Å². The number of benzene rings is 3. The van der Waals surface area contributed by atoms with Crippen LogP contribution in [0.5, 0.6) is 0 Å². The molecule has 0 saturated carbocycles. The molecule has 1 amide bonds. The van der Waals surface area contributed by atoms with Gasteiger partial charge in [0.1, 0.15) is 6.04 Å². The van der Waals surface area contributed by atoms with Crippen molar-refractivity contribution in [3.8, 4) is 0 Å². The van der Waals surface area contributed by atoms with Gasteiger partial charge in [-0.05, 0) is 42.2 Å². The van der Waals surface area contributed by atoms with E-state index in [1.54, 1.807) is 0 Å². The van der Waals surface area contributed by atoms with Gasteiger partial charge in [0.05, 0.1) is 0 Å². The van der Waals surface area contributed by atoms with Crippen LogP contribution in [-0.4, -0.2) is 5.91 Å². The molecule has 0 fully saturated rings. The molecule has 0 saturated heterocycles. The number of carbonyl (C=O) groups excluding carboxylic acids is 1. The summed E-state index contributed by atoms with van der Waals surface area (Å²) in [6, 6.07) is 25.6. The van der Waals surface area contributed by atoms with Crippen molar-refractivity contribution in [1.82, 2.24) is 5.32 Å². The second-order valence-corrected chi connectivity index (χ2v) is 6.52. The fraction of sp³-hybridized carbons (Fsp3) is 0.174. The minimum atomic E-state index is -0.420. The highest BCUT2D eigenvalue weighted by molar-refractivity contribution is 5.96. The zero-order valence-corrected chi connectivity index (χ0v) is 15.2. The van der Waals surface area contributed by atoms with Crippen molar-refractivity contribution in [3.63, 3.8) is 0 Å². The topological polar surface area (TPSA) is 41.1 Å². The summed E-state index contributed by atoms with van der Waals surface area (Å²) in [7, 11) is 0. The maximum Gasteiger partial charge on any atom is 0.246 e. The van der Waals surface area contributed by atoms with Crippen molar-refractivity contribution < 1.29 is 4.79 Å². The van der Waals surface area contributed by atoms with Gasteiger partial charge in [0, 0.05) is 12.2 Å². The van der Waals surface area contributed by atoms with Gasteiger partial charge in [-0.2, -0.15) is 0 Å². The highest BCUT2D eigenvalue weighted by atomic mass is 16.2. The molecule has 2 N–H and O–H groups in total. The average Bonchev–Trinajstić information content (AvgIpc) is 2.66. The fourth-order valence-corrected chi connectivity index (χ4v) is 2.90. The smallest absolute Gasteiger partial charge is 0.246 e. The Morgan fingerprint density at radius 3 is 2.23 bits per heavy atom. The monoisotopic (exact) mass is 344 g/mol. The van der Waals surface area contributed by atoms with Crippen LogP contribution in [-0.2, 0) is 11.3 Å². The van der Waals surface area contributed by atoms with Crippen molar-refractivity contribution in [2.45, 2.75) is 26.4 Å². The second kappa shape index (κ2) is 8.45. The minimum Gasteiger partial charge on any atom is -0.324 e. The van der Waals surface area contributed by atoms with E-state index >= 15 is 0 Å². The number of hydrogen-bond acceptors (Lipinski definition) is 2. The molecule has 3 rings (SSSR count). The lowest BCUT2D eigenvalue weighted by molar-refractivity contribution is -0.118. The van der Waals surface area contributed by atoms with Crippen LogP contribution >= 0.6 is 0 Å². The number of hydrogen-bond donors (Lipinski definition) is 2. The fourth-order valence-electron chi connectivity index (χ4n) is 2.90. The van der Waals surface area contributed by atoms with Gasteiger partial charge < -0.3 is 5.32 Å². The number of amides is 1. The Balaban J connectivity index is 1.80. The predicted octanol–water partition coefficient (Wildman–Crippen LogP) is 4.77. The summed E-state index contributed by atoms with van der Waals surface area (Å²) in [5.41, 5.74) is 5.13. The standard InChI is InChI=1S/C23H24N2O/c1-17-13-14-18(2)21(15-17)25-23(26)22(20-11-7-4-8-12-20)24-16-19-9-5-3-6-10-19/h3-15,22,24H,16H2,1-2H3,(H,25,26)/t22-/m0/s1. The van der Waals surface area contributed by atoms with Crippen molar-refractivity contribution >= 4 is 11.6 Å². The van der Waals surface area contributed by atoms with Gasteiger partial charge >= 0.3 is 0 Å². The molecular formula is C23H24N2O. The Bertz CT molecular complexity index is 860. The molecule has 3 aromatic rings. The predicted molar refractivity (Wildman–Crippen MR) is 107 cm³/mol. The zero-order chi connectivity index (χ0) is 18.4.